The number of rotatable bonds is 5. The lowest BCUT2D eigenvalue weighted by Crippen LogP contribution is -2.51. The Morgan fingerprint density at radius 1 is 1.26 bits per heavy atom. The quantitative estimate of drug-likeness (QED) is 0.712. The predicted octanol–water partition coefficient (Wildman–Crippen LogP) is 3.00. The Labute approximate surface area is 163 Å². The summed E-state index contributed by atoms with van der Waals surface area (Å²) < 4.78 is 0. The van der Waals surface area contributed by atoms with Gasteiger partial charge >= 0.3 is 6.03 Å². The lowest BCUT2D eigenvalue weighted by atomic mass is 10.1. The van der Waals surface area contributed by atoms with Crippen molar-refractivity contribution in [2.45, 2.75) is 19.9 Å². The lowest BCUT2D eigenvalue weighted by molar-refractivity contribution is 0.134. The number of nitrogens with zero attached hydrogens (tertiary/aromatic N) is 3. The van der Waals surface area contributed by atoms with Crippen molar-refractivity contribution in [2.75, 3.05) is 32.7 Å². The molecule has 1 aliphatic heterocycles. The van der Waals surface area contributed by atoms with Crippen LogP contribution in [0.15, 0.2) is 35.8 Å². The number of fused-ring (bicyclic) bond motifs is 1. The summed E-state index contributed by atoms with van der Waals surface area (Å²) in [4.78, 5) is 24.5. The molecule has 0 bridgehead atoms. The maximum atomic E-state index is 12.4. The molecule has 1 aromatic carbocycles. The Bertz CT molecular complexity index is 910. The number of aromatic amines is 1. The Hall–Kier alpha value is -2.38. The summed E-state index contributed by atoms with van der Waals surface area (Å²) in [6.45, 7) is 6.88. The topological polar surface area (TPSA) is 64.3 Å². The van der Waals surface area contributed by atoms with Crippen molar-refractivity contribution in [2.24, 2.45) is 0 Å². The zero-order chi connectivity index (χ0) is 18.6. The van der Waals surface area contributed by atoms with E-state index in [2.05, 4.69) is 37.7 Å². The number of hydrogen-bond acceptors (Lipinski definition) is 4. The molecule has 0 radical (unpaired) electrons. The van der Waals surface area contributed by atoms with Crippen molar-refractivity contribution in [3.63, 3.8) is 0 Å². The Kier molecular flexibility index (Phi) is 5.40. The average Bonchev–Trinajstić information content (AvgIpc) is 3.28. The first kappa shape index (κ1) is 18.0. The number of H-pyrrole nitrogens is 1. The number of thiazole rings is 1. The molecule has 0 aliphatic carbocycles. The van der Waals surface area contributed by atoms with E-state index in [1.807, 2.05) is 30.2 Å². The number of nitrogens with one attached hydrogen (secondary N) is 2. The minimum absolute atomic E-state index is 0.0407. The van der Waals surface area contributed by atoms with Gasteiger partial charge in [-0.1, -0.05) is 18.2 Å². The Balaban J connectivity index is 1.21. The number of amides is 2. The van der Waals surface area contributed by atoms with Crippen molar-refractivity contribution < 1.29 is 4.79 Å². The number of carbonyl (C=O) groups excluding carboxylic acids is 1. The molecule has 0 atom stereocenters. The highest BCUT2D eigenvalue weighted by atomic mass is 32.1. The van der Waals surface area contributed by atoms with Crippen LogP contribution in [0, 0.1) is 6.92 Å². The summed E-state index contributed by atoms with van der Waals surface area (Å²) in [6, 6.07) is 8.30. The van der Waals surface area contributed by atoms with E-state index >= 15 is 0 Å². The van der Waals surface area contributed by atoms with Gasteiger partial charge in [0.2, 0.25) is 0 Å². The van der Waals surface area contributed by atoms with Crippen LogP contribution in [-0.4, -0.2) is 58.5 Å². The molecule has 1 saturated heterocycles. The lowest BCUT2D eigenvalue weighted by Gasteiger charge is -2.34. The molecular weight excluding hydrogens is 358 g/mol. The van der Waals surface area contributed by atoms with E-state index in [0.717, 1.165) is 55.4 Å². The third-order valence-corrected chi connectivity index (χ3v) is 5.88. The van der Waals surface area contributed by atoms with E-state index in [0.29, 0.717) is 6.54 Å². The largest absolute Gasteiger partial charge is 0.361 e. The van der Waals surface area contributed by atoms with Crippen LogP contribution in [0.1, 0.15) is 16.3 Å². The molecule has 0 saturated carbocycles. The van der Waals surface area contributed by atoms with Crippen LogP contribution in [-0.2, 0) is 13.0 Å². The second-order valence-electron chi connectivity index (χ2n) is 6.96. The van der Waals surface area contributed by atoms with Crippen molar-refractivity contribution >= 4 is 28.3 Å². The molecular formula is C20H25N5OS. The van der Waals surface area contributed by atoms with Crippen LogP contribution in [0.25, 0.3) is 10.9 Å². The molecule has 6 nitrogen and oxygen atoms in total. The summed E-state index contributed by atoms with van der Waals surface area (Å²) in [5.74, 6) is 0. The van der Waals surface area contributed by atoms with Gasteiger partial charge in [-0.15, -0.1) is 11.3 Å². The number of benzene rings is 1. The third-order valence-electron chi connectivity index (χ3n) is 5.06. The highest BCUT2D eigenvalue weighted by Crippen LogP contribution is 2.17. The number of aryl methyl sites for hydroxylation is 1. The van der Waals surface area contributed by atoms with Gasteiger partial charge in [0.25, 0.3) is 0 Å². The normalized spacial score (nSPS) is 15.4. The van der Waals surface area contributed by atoms with Crippen molar-refractivity contribution in [1.29, 1.82) is 0 Å². The van der Waals surface area contributed by atoms with E-state index in [9.17, 15) is 4.79 Å². The summed E-state index contributed by atoms with van der Waals surface area (Å²) in [5.41, 5.74) is 3.52. The van der Waals surface area contributed by atoms with Gasteiger partial charge in [0.1, 0.15) is 0 Å². The van der Waals surface area contributed by atoms with Crippen LogP contribution in [0.4, 0.5) is 4.79 Å². The molecule has 4 rings (SSSR count). The number of urea groups is 1. The number of aromatic nitrogens is 2. The van der Waals surface area contributed by atoms with Gasteiger partial charge in [0, 0.05) is 61.7 Å². The minimum Gasteiger partial charge on any atom is -0.361 e. The fraction of sp³-hybridized carbons (Fsp3) is 0.400. The zero-order valence-electron chi connectivity index (χ0n) is 15.6. The van der Waals surface area contributed by atoms with E-state index < -0.39 is 0 Å². The van der Waals surface area contributed by atoms with Gasteiger partial charge in [-0.25, -0.2) is 9.78 Å². The van der Waals surface area contributed by atoms with E-state index in [4.69, 9.17) is 0 Å². The van der Waals surface area contributed by atoms with Gasteiger partial charge in [0.15, 0.2) is 0 Å². The molecule has 1 aliphatic rings. The number of carbonyl (C=O) groups is 1. The molecule has 2 aromatic heterocycles. The molecule has 142 valence electrons. The van der Waals surface area contributed by atoms with Crippen molar-refractivity contribution in [1.82, 2.24) is 25.1 Å². The molecule has 0 spiro atoms. The van der Waals surface area contributed by atoms with Gasteiger partial charge in [-0.3, -0.25) is 4.90 Å². The molecule has 0 unspecified atom stereocenters. The summed E-state index contributed by atoms with van der Waals surface area (Å²) >= 11 is 1.69. The van der Waals surface area contributed by atoms with Crippen LogP contribution < -0.4 is 5.32 Å². The SMILES string of the molecule is Cc1nc(CN2CCN(C(=O)NCCc3c[nH]c4ccccc34)CC2)cs1. The van der Waals surface area contributed by atoms with Crippen molar-refractivity contribution in [3.8, 4) is 0 Å². The predicted molar refractivity (Wildman–Crippen MR) is 109 cm³/mol. The second-order valence-corrected chi connectivity index (χ2v) is 8.02. The van der Waals surface area contributed by atoms with Gasteiger partial charge in [-0.2, -0.15) is 0 Å². The fourth-order valence-electron chi connectivity index (χ4n) is 3.57. The zero-order valence-corrected chi connectivity index (χ0v) is 16.4. The Morgan fingerprint density at radius 2 is 2.07 bits per heavy atom. The fourth-order valence-corrected chi connectivity index (χ4v) is 4.18. The average molecular weight is 384 g/mol. The van der Waals surface area contributed by atoms with Crippen LogP contribution in [0.2, 0.25) is 0 Å². The molecule has 2 N–H and O–H groups in total. The third kappa shape index (κ3) is 4.31. The molecule has 27 heavy (non-hydrogen) atoms. The molecule has 3 aromatic rings. The number of hydrogen-bond donors (Lipinski definition) is 2. The standard InChI is InChI=1S/C20H25N5OS/c1-15-23-17(14-27-15)13-24-8-10-25(11-9-24)20(26)21-7-6-16-12-22-19-5-3-2-4-18(16)19/h2-5,12,14,22H,6-11,13H2,1H3,(H,21,26). The second kappa shape index (κ2) is 8.10. The summed E-state index contributed by atoms with van der Waals surface area (Å²) in [5, 5.41) is 7.53. The molecule has 2 amide bonds. The van der Waals surface area contributed by atoms with Crippen LogP contribution in [0.5, 0.6) is 0 Å². The minimum atomic E-state index is 0.0407. The molecule has 1 fully saturated rings. The van der Waals surface area contributed by atoms with Crippen LogP contribution in [0.3, 0.4) is 0 Å². The maximum absolute atomic E-state index is 12.4. The van der Waals surface area contributed by atoms with E-state index in [-0.39, 0.29) is 6.03 Å². The first-order valence-corrected chi connectivity index (χ1v) is 10.3. The highest BCUT2D eigenvalue weighted by molar-refractivity contribution is 7.09. The maximum Gasteiger partial charge on any atom is 0.317 e. The van der Waals surface area contributed by atoms with E-state index in [1.165, 1.54) is 10.9 Å². The number of para-hydroxylation sites is 1. The Morgan fingerprint density at radius 3 is 2.85 bits per heavy atom. The monoisotopic (exact) mass is 383 g/mol. The summed E-state index contributed by atoms with van der Waals surface area (Å²) in [7, 11) is 0. The smallest absolute Gasteiger partial charge is 0.317 e. The van der Waals surface area contributed by atoms with Gasteiger partial charge in [-0.05, 0) is 25.0 Å². The van der Waals surface area contributed by atoms with Gasteiger partial charge < -0.3 is 15.2 Å². The molecule has 7 heteroatoms. The highest BCUT2D eigenvalue weighted by Gasteiger charge is 2.21. The number of piperazine rings is 1. The van der Waals surface area contributed by atoms with E-state index in [1.54, 1.807) is 11.3 Å². The first-order chi connectivity index (χ1) is 13.2. The van der Waals surface area contributed by atoms with Crippen LogP contribution >= 0.6 is 11.3 Å². The molecule has 3 heterocycles. The summed E-state index contributed by atoms with van der Waals surface area (Å²) in [6.07, 6.45) is 2.87. The van der Waals surface area contributed by atoms with Crippen molar-refractivity contribution in [3.05, 3.63) is 52.1 Å². The first-order valence-electron chi connectivity index (χ1n) is 9.40. The van der Waals surface area contributed by atoms with Gasteiger partial charge in [0.05, 0.1) is 10.7 Å².